The first-order valence-electron chi connectivity index (χ1n) is 7.90. The average Bonchev–Trinajstić information content (AvgIpc) is 2.89. The molecule has 2 rings (SSSR count). The maximum absolute atomic E-state index is 4.06. The van der Waals surface area contributed by atoms with Gasteiger partial charge in [-0.25, -0.2) is 0 Å². The van der Waals surface area contributed by atoms with E-state index in [4.69, 9.17) is 0 Å². The monoisotopic (exact) mass is 285 g/mol. The van der Waals surface area contributed by atoms with E-state index in [1.807, 2.05) is 6.20 Å². The Morgan fingerprint density at radius 3 is 2.33 bits per heavy atom. The molecule has 3 nitrogen and oxygen atoms in total. The van der Waals surface area contributed by atoms with Gasteiger partial charge in [0.25, 0.3) is 0 Å². The van der Waals surface area contributed by atoms with E-state index in [0.717, 1.165) is 19.4 Å². The molecule has 0 aliphatic rings. The number of aryl methyl sites for hydroxylation is 2. The third-order valence-electron chi connectivity index (χ3n) is 4.11. The van der Waals surface area contributed by atoms with Crippen molar-refractivity contribution in [1.29, 1.82) is 0 Å². The lowest BCUT2D eigenvalue weighted by atomic mass is 9.99. The van der Waals surface area contributed by atoms with Crippen LogP contribution >= 0.6 is 0 Å². The van der Waals surface area contributed by atoms with E-state index >= 15 is 0 Å². The van der Waals surface area contributed by atoms with Crippen molar-refractivity contribution in [2.45, 2.75) is 52.5 Å². The van der Waals surface area contributed by atoms with Crippen molar-refractivity contribution in [3.05, 3.63) is 52.8 Å². The molecule has 3 heteroatoms. The Morgan fingerprint density at radius 1 is 1.10 bits per heavy atom. The van der Waals surface area contributed by atoms with Crippen molar-refractivity contribution >= 4 is 0 Å². The Morgan fingerprint density at radius 2 is 1.76 bits per heavy atom. The van der Waals surface area contributed by atoms with E-state index in [2.05, 4.69) is 67.5 Å². The number of nitrogens with zero attached hydrogens (tertiary/aromatic N) is 1. The molecule has 0 bridgehead atoms. The number of nitrogens with one attached hydrogen (secondary N) is 2. The summed E-state index contributed by atoms with van der Waals surface area (Å²) in [6.45, 7) is 9.79. The van der Waals surface area contributed by atoms with E-state index in [9.17, 15) is 0 Å². The van der Waals surface area contributed by atoms with Crippen LogP contribution in [0.3, 0.4) is 0 Å². The molecule has 1 aromatic carbocycles. The first-order valence-corrected chi connectivity index (χ1v) is 7.90. The fourth-order valence-corrected chi connectivity index (χ4v) is 2.51. The third kappa shape index (κ3) is 4.43. The predicted molar refractivity (Wildman–Crippen MR) is 88.6 cm³/mol. The Labute approximate surface area is 128 Å². The molecule has 1 atom stereocenters. The molecule has 2 N–H and O–H groups in total. The lowest BCUT2D eigenvalue weighted by Gasteiger charge is -2.15. The molecule has 0 saturated carbocycles. The summed E-state index contributed by atoms with van der Waals surface area (Å²) in [4.78, 5) is 0. The summed E-state index contributed by atoms with van der Waals surface area (Å²) in [5.74, 6) is 0.598. The van der Waals surface area contributed by atoms with Crippen LogP contribution in [0.2, 0.25) is 0 Å². The first-order chi connectivity index (χ1) is 10.1. The first kappa shape index (κ1) is 15.8. The summed E-state index contributed by atoms with van der Waals surface area (Å²) in [6.07, 6.45) is 4.15. The molecule has 0 aliphatic carbocycles. The van der Waals surface area contributed by atoms with Crippen LogP contribution in [-0.4, -0.2) is 16.7 Å². The minimum atomic E-state index is 0.400. The minimum absolute atomic E-state index is 0.400. The smallest absolute Gasteiger partial charge is 0.0522 e. The number of hydrogen-bond acceptors (Lipinski definition) is 2. The van der Waals surface area contributed by atoms with Crippen molar-refractivity contribution in [1.82, 2.24) is 15.5 Å². The van der Waals surface area contributed by atoms with E-state index < -0.39 is 0 Å². The summed E-state index contributed by atoms with van der Waals surface area (Å²) in [5.41, 5.74) is 5.28. The van der Waals surface area contributed by atoms with Gasteiger partial charge in [0.15, 0.2) is 0 Å². The Hall–Kier alpha value is -1.61. The molecule has 1 heterocycles. The van der Waals surface area contributed by atoms with Crippen molar-refractivity contribution in [3.8, 4) is 0 Å². The van der Waals surface area contributed by atoms with Gasteiger partial charge in [-0.2, -0.15) is 5.10 Å². The summed E-state index contributed by atoms with van der Waals surface area (Å²) < 4.78 is 0. The molecule has 1 aromatic heterocycles. The fraction of sp³-hybridized carbons (Fsp3) is 0.500. The highest BCUT2D eigenvalue weighted by Crippen LogP contribution is 2.18. The molecule has 0 saturated heterocycles. The fourth-order valence-electron chi connectivity index (χ4n) is 2.51. The lowest BCUT2D eigenvalue weighted by molar-refractivity contribution is 0.558. The van der Waals surface area contributed by atoms with Crippen molar-refractivity contribution in [3.63, 3.8) is 0 Å². The molecule has 0 spiro atoms. The maximum atomic E-state index is 4.06. The van der Waals surface area contributed by atoms with Crippen LogP contribution in [0.4, 0.5) is 0 Å². The van der Waals surface area contributed by atoms with Gasteiger partial charge in [-0.1, -0.05) is 38.1 Å². The lowest BCUT2D eigenvalue weighted by Crippen LogP contribution is -2.20. The molecular formula is C18H27N3. The Kier molecular flexibility index (Phi) is 5.57. The number of rotatable bonds is 7. The second kappa shape index (κ2) is 7.41. The molecule has 0 radical (unpaired) electrons. The van der Waals surface area contributed by atoms with E-state index in [1.54, 1.807) is 0 Å². The van der Waals surface area contributed by atoms with Crippen molar-refractivity contribution < 1.29 is 0 Å². The van der Waals surface area contributed by atoms with Gasteiger partial charge in [0, 0.05) is 11.7 Å². The zero-order valence-electron chi connectivity index (χ0n) is 13.6. The Bertz CT molecular complexity index is 540. The van der Waals surface area contributed by atoms with E-state index in [0.29, 0.717) is 12.0 Å². The van der Waals surface area contributed by atoms with Crippen LogP contribution < -0.4 is 5.32 Å². The van der Waals surface area contributed by atoms with Gasteiger partial charge in [-0.15, -0.1) is 0 Å². The van der Waals surface area contributed by atoms with Crippen LogP contribution in [0.1, 0.15) is 61.5 Å². The summed E-state index contributed by atoms with van der Waals surface area (Å²) in [5, 5.41) is 10.6. The summed E-state index contributed by atoms with van der Waals surface area (Å²) in [6, 6.07) is 9.37. The zero-order chi connectivity index (χ0) is 15.2. The van der Waals surface area contributed by atoms with Gasteiger partial charge in [0.1, 0.15) is 0 Å². The average molecular weight is 285 g/mol. The van der Waals surface area contributed by atoms with Crippen molar-refractivity contribution in [2.24, 2.45) is 0 Å². The molecule has 2 aromatic rings. The van der Waals surface area contributed by atoms with Crippen molar-refractivity contribution in [2.75, 3.05) is 6.54 Å². The zero-order valence-corrected chi connectivity index (χ0v) is 13.6. The van der Waals surface area contributed by atoms with Crippen LogP contribution in [0.25, 0.3) is 0 Å². The van der Waals surface area contributed by atoms with Gasteiger partial charge in [-0.3, -0.25) is 5.10 Å². The topological polar surface area (TPSA) is 40.7 Å². The largest absolute Gasteiger partial charge is 0.310 e. The highest BCUT2D eigenvalue weighted by atomic mass is 15.1. The van der Waals surface area contributed by atoms with Gasteiger partial charge >= 0.3 is 0 Å². The van der Waals surface area contributed by atoms with Gasteiger partial charge in [0.05, 0.1) is 6.20 Å². The molecule has 1 unspecified atom stereocenters. The van der Waals surface area contributed by atoms with Gasteiger partial charge in [-0.05, 0) is 55.8 Å². The van der Waals surface area contributed by atoms with Gasteiger partial charge in [0.2, 0.25) is 0 Å². The minimum Gasteiger partial charge on any atom is -0.310 e. The normalized spacial score (nSPS) is 12.8. The number of hydrogen-bond donors (Lipinski definition) is 2. The van der Waals surface area contributed by atoms with Crippen LogP contribution in [0.15, 0.2) is 30.5 Å². The van der Waals surface area contributed by atoms with Crippen LogP contribution in [-0.2, 0) is 6.42 Å². The van der Waals surface area contributed by atoms with Gasteiger partial charge < -0.3 is 5.32 Å². The molecule has 21 heavy (non-hydrogen) atoms. The molecule has 114 valence electrons. The summed E-state index contributed by atoms with van der Waals surface area (Å²) >= 11 is 0. The Balaban J connectivity index is 1.76. The number of aromatic nitrogens is 2. The maximum Gasteiger partial charge on any atom is 0.0522 e. The second-order valence-corrected chi connectivity index (χ2v) is 6.12. The molecule has 0 amide bonds. The summed E-state index contributed by atoms with van der Waals surface area (Å²) in [7, 11) is 0. The quantitative estimate of drug-likeness (QED) is 0.751. The SMILES string of the molecule is Cc1[nH]ncc1CCCNC(C)c1ccc(C(C)C)cc1. The highest BCUT2D eigenvalue weighted by Gasteiger charge is 2.06. The van der Waals surface area contributed by atoms with Crippen LogP contribution in [0.5, 0.6) is 0 Å². The third-order valence-corrected chi connectivity index (χ3v) is 4.11. The highest BCUT2D eigenvalue weighted by molar-refractivity contribution is 5.26. The van der Waals surface area contributed by atoms with E-state index in [-0.39, 0.29) is 0 Å². The number of aromatic amines is 1. The standard InChI is InChI=1S/C18H27N3/c1-13(2)16-7-9-17(10-8-16)14(3)19-11-5-6-18-12-20-21-15(18)4/h7-10,12-14,19H,5-6,11H2,1-4H3,(H,20,21). The number of benzene rings is 1. The molecular weight excluding hydrogens is 258 g/mol. The number of H-pyrrole nitrogens is 1. The predicted octanol–water partition coefficient (Wildman–Crippen LogP) is 4.12. The molecule has 0 aliphatic heterocycles. The van der Waals surface area contributed by atoms with E-state index in [1.165, 1.54) is 22.4 Å². The second-order valence-electron chi connectivity index (χ2n) is 6.12. The molecule has 0 fully saturated rings. The van der Waals surface area contributed by atoms with Crippen LogP contribution in [0, 0.1) is 6.92 Å².